The van der Waals surface area contributed by atoms with Crippen LogP contribution in [0.15, 0.2) is 0 Å². The highest BCUT2D eigenvalue weighted by Gasteiger charge is 2.61. The van der Waals surface area contributed by atoms with Gasteiger partial charge in [-0.05, 0) is 137 Å². The van der Waals surface area contributed by atoms with E-state index in [-0.39, 0.29) is 5.60 Å². The van der Waals surface area contributed by atoms with Crippen molar-refractivity contribution in [2.75, 3.05) is 7.11 Å². The van der Waals surface area contributed by atoms with Gasteiger partial charge in [0.2, 0.25) is 0 Å². The van der Waals surface area contributed by atoms with E-state index in [1.165, 1.54) is 64.2 Å². The Labute approximate surface area is 199 Å². The van der Waals surface area contributed by atoms with Crippen molar-refractivity contribution < 1.29 is 9.84 Å². The van der Waals surface area contributed by atoms with Crippen LogP contribution in [-0.2, 0) is 4.74 Å². The molecule has 0 aliphatic heterocycles. The summed E-state index contributed by atoms with van der Waals surface area (Å²) >= 11 is 0. The minimum Gasteiger partial charge on any atom is -0.390 e. The summed E-state index contributed by atoms with van der Waals surface area (Å²) in [6.07, 6.45) is 14.7. The van der Waals surface area contributed by atoms with Crippen molar-refractivity contribution in [3.8, 4) is 0 Å². The first-order valence-corrected chi connectivity index (χ1v) is 14.1. The number of rotatable bonds is 6. The molecule has 4 fully saturated rings. The van der Waals surface area contributed by atoms with Crippen molar-refractivity contribution in [2.24, 2.45) is 52.3 Å². The molecule has 10 unspecified atom stereocenters. The summed E-state index contributed by atoms with van der Waals surface area (Å²) in [5, 5.41) is 10.8. The van der Waals surface area contributed by atoms with E-state index in [4.69, 9.17) is 4.74 Å². The van der Waals surface area contributed by atoms with Crippen molar-refractivity contribution in [1.29, 1.82) is 0 Å². The van der Waals surface area contributed by atoms with E-state index < -0.39 is 5.60 Å². The molecule has 0 aromatic heterocycles. The SMILES string of the molecule is COC1(C)CCC2(C)C(CCC3C2CCC2(C)C(C(C)CCC(C)(O)C(C)C)CCC32)C1. The second-order valence-corrected chi connectivity index (χ2v) is 14.3. The maximum atomic E-state index is 10.8. The molecule has 0 spiro atoms. The third-order valence-corrected chi connectivity index (χ3v) is 12.5. The van der Waals surface area contributed by atoms with E-state index in [1.54, 1.807) is 0 Å². The molecule has 1 N–H and O–H groups in total. The Hall–Kier alpha value is -0.0800. The molecule has 32 heavy (non-hydrogen) atoms. The highest BCUT2D eigenvalue weighted by molar-refractivity contribution is 5.10. The average molecular weight is 447 g/mol. The van der Waals surface area contributed by atoms with Crippen LogP contribution >= 0.6 is 0 Å². The minimum absolute atomic E-state index is 0.116. The zero-order valence-corrected chi connectivity index (χ0v) is 22.7. The summed E-state index contributed by atoms with van der Waals surface area (Å²) in [7, 11) is 1.93. The van der Waals surface area contributed by atoms with Crippen LogP contribution in [0.25, 0.3) is 0 Å². The largest absolute Gasteiger partial charge is 0.390 e. The topological polar surface area (TPSA) is 29.5 Å². The molecule has 10 atom stereocenters. The Bertz CT molecular complexity index is 670. The fraction of sp³-hybridized carbons (Fsp3) is 1.00. The quantitative estimate of drug-likeness (QED) is 0.449. The second kappa shape index (κ2) is 8.54. The van der Waals surface area contributed by atoms with Gasteiger partial charge in [-0.2, -0.15) is 0 Å². The van der Waals surface area contributed by atoms with Crippen molar-refractivity contribution in [3.63, 3.8) is 0 Å². The zero-order chi connectivity index (χ0) is 23.5. The average Bonchev–Trinajstić information content (AvgIpc) is 3.10. The molecular weight excluding hydrogens is 392 g/mol. The molecule has 4 rings (SSSR count). The number of fused-ring (bicyclic) bond motifs is 5. The molecular formula is C30H54O2. The molecule has 2 heteroatoms. The predicted molar refractivity (Wildman–Crippen MR) is 134 cm³/mol. The van der Waals surface area contributed by atoms with Gasteiger partial charge in [-0.3, -0.25) is 0 Å². The van der Waals surface area contributed by atoms with Crippen molar-refractivity contribution in [2.45, 2.75) is 130 Å². The molecule has 186 valence electrons. The third-order valence-electron chi connectivity index (χ3n) is 12.5. The molecule has 0 aromatic rings. The van der Waals surface area contributed by atoms with Crippen LogP contribution in [0.5, 0.6) is 0 Å². The van der Waals surface area contributed by atoms with Crippen LogP contribution in [-0.4, -0.2) is 23.4 Å². The summed E-state index contributed by atoms with van der Waals surface area (Å²) in [5.74, 6) is 5.62. The van der Waals surface area contributed by atoms with Gasteiger partial charge in [0.25, 0.3) is 0 Å². The number of hydrogen-bond acceptors (Lipinski definition) is 2. The number of aliphatic hydroxyl groups is 1. The first-order valence-electron chi connectivity index (χ1n) is 14.1. The lowest BCUT2D eigenvalue weighted by molar-refractivity contribution is -0.155. The molecule has 4 saturated carbocycles. The van der Waals surface area contributed by atoms with E-state index in [0.29, 0.717) is 16.7 Å². The number of ether oxygens (including phenoxy) is 1. The fourth-order valence-electron chi connectivity index (χ4n) is 9.59. The monoisotopic (exact) mass is 446 g/mol. The first-order chi connectivity index (χ1) is 14.9. The summed E-state index contributed by atoms with van der Waals surface area (Å²) in [5.41, 5.74) is 0.673. The first kappa shape index (κ1) is 25.0. The number of hydrogen-bond donors (Lipinski definition) is 1. The molecule has 2 nitrogen and oxygen atoms in total. The molecule has 0 radical (unpaired) electrons. The lowest BCUT2D eigenvalue weighted by atomic mass is 9.43. The standard InChI is InChI=1S/C30H54O2/c1-20(2)30(7,31)16-13-21(3)24-11-12-25-23-10-9-22-19-27(4,32-8)17-18-28(22,5)26(23)14-15-29(24,25)6/h20-26,31H,9-19H2,1-8H3. The lowest BCUT2D eigenvalue weighted by Gasteiger charge is -2.62. The number of methoxy groups -OCH3 is 1. The maximum absolute atomic E-state index is 10.8. The van der Waals surface area contributed by atoms with Crippen LogP contribution in [0.3, 0.4) is 0 Å². The van der Waals surface area contributed by atoms with Gasteiger partial charge in [0, 0.05) is 7.11 Å². The van der Waals surface area contributed by atoms with Gasteiger partial charge in [0.1, 0.15) is 0 Å². The minimum atomic E-state index is -0.518. The van der Waals surface area contributed by atoms with E-state index in [9.17, 15) is 5.11 Å². The van der Waals surface area contributed by atoms with Gasteiger partial charge in [0.05, 0.1) is 11.2 Å². The smallest absolute Gasteiger partial charge is 0.0653 e. The Kier molecular flexibility index (Phi) is 6.68. The van der Waals surface area contributed by atoms with Crippen LogP contribution < -0.4 is 0 Å². The summed E-state index contributed by atoms with van der Waals surface area (Å²) in [6, 6.07) is 0. The normalized spacial score (nSPS) is 49.1. The Morgan fingerprint density at radius 2 is 1.59 bits per heavy atom. The highest BCUT2D eigenvalue weighted by Crippen LogP contribution is 2.69. The van der Waals surface area contributed by atoms with E-state index >= 15 is 0 Å². The van der Waals surface area contributed by atoms with Crippen molar-refractivity contribution >= 4 is 0 Å². The van der Waals surface area contributed by atoms with Crippen LogP contribution in [0.2, 0.25) is 0 Å². The molecule has 0 heterocycles. The van der Waals surface area contributed by atoms with E-state index in [2.05, 4.69) is 41.5 Å². The van der Waals surface area contributed by atoms with Crippen LogP contribution in [0.4, 0.5) is 0 Å². The van der Waals surface area contributed by atoms with E-state index in [0.717, 1.165) is 41.9 Å². The van der Waals surface area contributed by atoms with Gasteiger partial charge >= 0.3 is 0 Å². The summed E-state index contributed by atoms with van der Waals surface area (Å²) < 4.78 is 5.98. The highest BCUT2D eigenvalue weighted by atomic mass is 16.5. The van der Waals surface area contributed by atoms with Crippen LogP contribution in [0.1, 0.15) is 119 Å². The summed E-state index contributed by atoms with van der Waals surface area (Å²) in [6.45, 7) is 16.6. The van der Waals surface area contributed by atoms with Crippen molar-refractivity contribution in [1.82, 2.24) is 0 Å². The molecule has 0 aromatic carbocycles. The van der Waals surface area contributed by atoms with E-state index in [1.807, 2.05) is 14.0 Å². The molecule has 4 aliphatic carbocycles. The molecule has 4 aliphatic rings. The summed E-state index contributed by atoms with van der Waals surface area (Å²) in [4.78, 5) is 0. The lowest BCUT2D eigenvalue weighted by Crippen LogP contribution is -2.55. The Morgan fingerprint density at radius 3 is 2.25 bits per heavy atom. The molecule has 0 saturated heterocycles. The van der Waals surface area contributed by atoms with Gasteiger partial charge in [-0.25, -0.2) is 0 Å². The predicted octanol–water partition coefficient (Wildman–Crippen LogP) is 7.87. The second-order valence-electron chi connectivity index (χ2n) is 14.3. The van der Waals surface area contributed by atoms with Gasteiger partial charge in [-0.15, -0.1) is 0 Å². The van der Waals surface area contributed by atoms with Gasteiger partial charge < -0.3 is 9.84 Å². The zero-order valence-electron chi connectivity index (χ0n) is 22.7. The molecule has 0 amide bonds. The Morgan fingerprint density at radius 1 is 0.906 bits per heavy atom. The maximum Gasteiger partial charge on any atom is 0.0653 e. The fourth-order valence-corrected chi connectivity index (χ4v) is 9.59. The van der Waals surface area contributed by atoms with Gasteiger partial charge in [0.15, 0.2) is 0 Å². The Balaban J connectivity index is 1.46. The third kappa shape index (κ3) is 4.02. The van der Waals surface area contributed by atoms with Gasteiger partial charge in [-0.1, -0.05) is 34.6 Å². The van der Waals surface area contributed by atoms with Crippen molar-refractivity contribution in [3.05, 3.63) is 0 Å². The van der Waals surface area contributed by atoms with Crippen LogP contribution in [0, 0.1) is 52.3 Å². The molecule has 0 bridgehead atoms.